The third-order valence-electron chi connectivity index (χ3n) is 5.58. The first-order valence-corrected chi connectivity index (χ1v) is 8.38. The van der Waals surface area contributed by atoms with Gasteiger partial charge in [0.15, 0.2) is 5.65 Å². The Morgan fingerprint density at radius 2 is 1.95 bits per heavy atom. The number of rotatable bonds is 2. The summed E-state index contributed by atoms with van der Waals surface area (Å²) in [7, 11) is 0. The van der Waals surface area contributed by atoms with Gasteiger partial charge in [-0.1, -0.05) is 25.7 Å². The largest absolute Gasteiger partial charge is 0.347 e. The maximum Gasteiger partial charge on any atom is 0.270 e. The Balaban J connectivity index is 1.54. The summed E-state index contributed by atoms with van der Waals surface area (Å²) in [6.07, 6.45) is 11.7. The highest BCUT2D eigenvalue weighted by molar-refractivity contribution is 5.94. The average Bonchev–Trinajstić information content (AvgIpc) is 3.18. The lowest BCUT2D eigenvalue weighted by molar-refractivity contribution is 0.0801. The van der Waals surface area contributed by atoms with Gasteiger partial charge >= 0.3 is 0 Å². The summed E-state index contributed by atoms with van der Waals surface area (Å²) in [5.74, 6) is -0.0527. The summed E-state index contributed by atoms with van der Waals surface area (Å²) in [5, 5.41) is 3.29. The molecule has 116 valence electrons. The molecule has 2 heterocycles. The van der Waals surface area contributed by atoms with Crippen molar-refractivity contribution in [2.45, 2.75) is 57.4 Å². The van der Waals surface area contributed by atoms with Gasteiger partial charge < -0.3 is 10.3 Å². The second-order valence-corrected chi connectivity index (χ2v) is 6.81. The molecule has 1 spiro atoms. The fourth-order valence-corrected chi connectivity index (χ4v) is 4.39. The van der Waals surface area contributed by atoms with Crippen LogP contribution in [0.1, 0.15) is 61.9 Å². The van der Waals surface area contributed by atoms with Crippen molar-refractivity contribution in [3.63, 3.8) is 0 Å². The van der Waals surface area contributed by atoms with Crippen LogP contribution in [0.25, 0.3) is 11.2 Å². The van der Waals surface area contributed by atoms with Gasteiger partial charge in [0.25, 0.3) is 5.91 Å². The van der Waals surface area contributed by atoms with Crippen LogP contribution in [0.4, 0.5) is 0 Å². The van der Waals surface area contributed by atoms with Crippen molar-refractivity contribution in [3.8, 4) is 0 Å². The number of aromatic nitrogens is 3. The lowest BCUT2D eigenvalue weighted by Gasteiger charge is -2.42. The number of carbonyl (C=O) groups excluding carboxylic acids is 1. The summed E-state index contributed by atoms with van der Waals surface area (Å²) in [4.78, 5) is 24.1. The SMILES string of the molecule is O=C(NC1CCCCC12CCCC2)c1ccc2[nH]cnc2n1. The highest BCUT2D eigenvalue weighted by Gasteiger charge is 2.43. The number of hydrogen-bond acceptors (Lipinski definition) is 3. The number of nitrogens with zero attached hydrogens (tertiary/aromatic N) is 2. The van der Waals surface area contributed by atoms with E-state index in [0.29, 0.717) is 22.8 Å². The molecule has 1 atom stereocenters. The number of carbonyl (C=O) groups is 1. The molecule has 4 rings (SSSR count). The van der Waals surface area contributed by atoms with Crippen LogP contribution in [0.3, 0.4) is 0 Å². The van der Waals surface area contributed by atoms with Gasteiger partial charge in [0.05, 0.1) is 11.8 Å². The fourth-order valence-electron chi connectivity index (χ4n) is 4.39. The molecule has 2 aromatic heterocycles. The minimum Gasteiger partial charge on any atom is -0.347 e. The molecule has 1 amide bonds. The molecule has 22 heavy (non-hydrogen) atoms. The molecule has 2 aromatic rings. The molecular formula is C17H22N4O. The molecule has 2 aliphatic rings. The predicted octanol–water partition coefficient (Wildman–Crippen LogP) is 3.19. The van der Waals surface area contributed by atoms with Gasteiger partial charge in [0, 0.05) is 6.04 Å². The van der Waals surface area contributed by atoms with E-state index in [-0.39, 0.29) is 5.91 Å². The minimum atomic E-state index is -0.0527. The highest BCUT2D eigenvalue weighted by Crippen LogP contribution is 2.49. The van der Waals surface area contributed by atoms with E-state index in [1.54, 1.807) is 12.4 Å². The lowest BCUT2D eigenvalue weighted by atomic mass is 9.69. The summed E-state index contributed by atoms with van der Waals surface area (Å²) in [5.41, 5.74) is 2.29. The number of fused-ring (bicyclic) bond motifs is 1. The first kappa shape index (κ1) is 13.7. The van der Waals surface area contributed by atoms with Gasteiger partial charge in [0.1, 0.15) is 5.69 Å². The summed E-state index contributed by atoms with van der Waals surface area (Å²) in [6, 6.07) is 3.96. The molecule has 2 aliphatic carbocycles. The summed E-state index contributed by atoms with van der Waals surface area (Å²) < 4.78 is 0. The normalized spacial score (nSPS) is 23.9. The molecule has 5 heteroatoms. The van der Waals surface area contributed by atoms with Crippen molar-refractivity contribution in [3.05, 3.63) is 24.2 Å². The summed E-state index contributed by atoms with van der Waals surface area (Å²) in [6.45, 7) is 0. The molecule has 0 aliphatic heterocycles. The fraction of sp³-hybridized carbons (Fsp3) is 0.588. The quantitative estimate of drug-likeness (QED) is 0.894. The van der Waals surface area contributed by atoms with Crippen LogP contribution in [-0.4, -0.2) is 26.9 Å². The third-order valence-corrected chi connectivity index (χ3v) is 5.58. The van der Waals surface area contributed by atoms with E-state index in [4.69, 9.17) is 0 Å². The average molecular weight is 298 g/mol. The zero-order chi connectivity index (χ0) is 15.0. The van der Waals surface area contributed by atoms with E-state index in [2.05, 4.69) is 20.3 Å². The minimum absolute atomic E-state index is 0.0527. The Kier molecular flexibility index (Phi) is 3.36. The van der Waals surface area contributed by atoms with Gasteiger partial charge in [-0.25, -0.2) is 9.97 Å². The molecule has 0 bridgehead atoms. The number of pyridine rings is 1. The van der Waals surface area contributed by atoms with Gasteiger partial charge in [0.2, 0.25) is 0 Å². The second kappa shape index (κ2) is 5.38. The Labute approximate surface area is 129 Å². The first-order chi connectivity index (χ1) is 10.8. The molecule has 5 nitrogen and oxygen atoms in total. The Morgan fingerprint density at radius 3 is 2.77 bits per heavy atom. The molecular weight excluding hydrogens is 276 g/mol. The van der Waals surface area contributed by atoms with E-state index < -0.39 is 0 Å². The van der Waals surface area contributed by atoms with Crippen LogP contribution in [-0.2, 0) is 0 Å². The molecule has 0 saturated heterocycles. The lowest BCUT2D eigenvalue weighted by Crippen LogP contribution is -2.48. The zero-order valence-electron chi connectivity index (χ0n) is 12.8. The van der Waals surface area contributed by atoms with Crippen molar-refractivity contribution >= 4 is 17.1 Å². The number of aromatic amines is 1. The molecule has 0 aromatic carbocycles. The molecule has 1 unspecified atom stereocenters. The van der Waals surface area contributed by atoms with Crippen molar-refractivity contribution in [2.75, 3.05) is 0 Å². The standard InChI is InChI=1S/C17H22N4O/c22-16(13-7-6-12-15(20-13)19-11-18-12)21-14-5-1-2-8-17(14)9-3-4-10-17/h6-7,11,14H,1-5,8-10H2,(H,21,22)(H,18,19,20). The summed E-state index contributed by atoms with van der Waals surface area (Å²) >= 11 is 0. The Hall–Kier alpha value is -1.91. The van der Waals surface area contributed by atoms with Crippen molar-refractivity contribution in [1.82, 2.24) is 20.3 Å². The van der Waals surface area contributed by atoms with E-state index in [1.807, 2.05) is 6.07 Å². The van der Waals surface area contributed by atoms with Crippen LogP contribution >= 0.6 is 0 Å². The van der Waals surface area contributed by atoms with E-state index in [9.17, 15) is 4.79 Å². The third kappa shape index (κ3) is 2.28. The highest BCUT2D eigenvalue weighted by atomic mass is 16.1. The van der Waals surface area contributed by atoms with E-state index >= 15 is 0 Å². The number of amides is 1. The van der Waals surface area contributed by atoms with Crippen LogP contribution in [0, 0.1) is 5.41 Å². The number of nitrogens with one attached hydrogen (secondary N) is 2. The van der Waals surface area contributed by atoms with Crippen molar-refractivity contribution < 1.29 is 4.79 Å². The first-order valence-electron chi connectivity index (χ1n) is 8.38. The van der Waals surface area contributed by atoms with Crippen LogP contribution in [0.5, 0.6) is 0 Å². The Bertz CT molecular complexity index is 687. The van der Waals surface area contributed by atoms with Crippen LogP contribution < -0.4 is 5.32 Å². The van der Waals surface area contributed by atoms with Gasteiger partial charge in [-0.3, -0.25) is 4.79 Å². The topological polar surface area (TPSA) is 70.7 Å². The second-order valence-electron chi connectivity index (χ2n) is 6.81. The van der Waals surface area contributed by atoms with Crippen LogP contribution in [0.2, 0.25) is 0 Å². The Morgan fingerprint density at radius 1 is 1.18 bits per heavy atom. The number of H-pyrrole nitrogens is 1. The molecule has 2 N–H and O–H groups in total. The van der Waals surface area contributed by atoms with Crippen molar-refractivity contribution in [2.24, 2.45) is 5.41 Å². The van der Waals surface area contributed by atoms with Crippen molar-refractivity contribution in [1.29, 1.82) is 0 Å². The maximum atomic E-state index is 12.6. The predicted molar refractivity (Wildman–Crippen MR) is 84.5 cm³/mol. The molecule has 0 radical (unpaired) electrons. The maximum absolute atomic E-state index is 12.6. The van der Waals surface area contributed by atoms with Crippen LogP contribution in [0.15, 0.2) is 18.5 Å². The molecule has 2 saturated carbocycles. The number of hydrogen-bond donors (Lipinski definition) is 2. The zero-order valence-corrected chi connectivity index (χ0v) is 12.8. The van der Waals surface area contributed by atoms with Gasteiger partial charge in [-0.2, -0.15) is 0 Å². The van der Waals surface area contributed by atoms with Gasteiger partial charge in [-0.05, 0) is 43.2 Å². The smallest absolute Gasteiger partial charge is 0.270 e. The van der Waals surface area contributed by atoms with E-state index in [1.165, 1.54) is 44.9 Å². The number of imidazole rings is 1. The van der Waals surface area contributed by atoms with E-state index in [0.717, 1.165) is 11.9 Å². The molecule has 2 fully saturated rings. The monoisotopic (exact) mass is 298 g/mol. The van der Waals surface area contributed by atoms with Gasteiger partial charge in [-0.15, -0.1) is 0 Å².